The molecule has 476 valence electrons. The van der Waals surface area contributed by atoms with E-state index in [-0.39, 0.29) is 0 Å². The summed E-state index contributed by atoms with van der Waals surface area (Å²) in [5.74, 6) is 0. The third kappa shape index (κ3) is 9.27. The van der Waals surface area contributed by atoms with Crippen molar-refractivity contribution in [2.75, 3.05) is 0 Å². The van der Waals surface area contributed by atoms with Crippen molar-refractivity contribution >= 4 is 150 Å². The van der Waals surface area contributed by atoms with E-state index in [1.807, 2.05) is 22.7 Å². The standard InChI is InChI=1S/2C48H30N2S/c1-2-11-31(12-3-1)32-21-25-35(26-22-32)49-42-17-7-4-13-36(42)40-29-33(23-27-44(40)49)34-24-28-45-41(30-34)37-14-5-8-18-43(37)50(45)46-19-10-16-39-38-15-6-9-20-47(38)51-48(39)46;1-2-10-31(11-3-1)32-18-22-35(23-19-32)49-43-15-7-4-12-37(43)41-28-33(20-26-45(41)49)34-21-27-46-42(29-34)38-13-5-8-16-44(38)50(46)36-24-25-40-39-14-6-9-17-47(39)51-48(40)30-36/h2*1-30H. The lowest BCUT2D eigenvalue weighted by molar-refractivity contribution is 1.18. The molecule has 0 aliphatic rings. The van der Waals surface area contributed by atoms with Crippen molar-refractivity contribution in [3.05, 3.63) is 364 Å². The number of rotatable bonds is 8. The van der Waals surface area contributed by atoms with Crippen molar-refractivity contribution in [3.63, 3.8) is 0 Å². The molecule has 0 bridgehead atoms. The van der Waals surface area contributed by atoms with Crippen LogP contribution in [-0.4, -0.2) is 18.3 Å². The molecule has 22 rings (SSSR count). The second-order valence-electron chi connectivity index (χ2n) is 26.7. The topological polar surface area (TPSA) is 19.7 Å². The number of nitrogens with zero attached hydrogens (tertiary/aromatic N) is 4. The van der Waals surface area contributed by atoms with Crippen LogP contribution in [0.1, 0.15) is 0 Å². The Hall–Kier alpha value is -12.8. The maximum Gasteiger partial charge on any atom is 0.0640 e. The van der Waals surface area contributed by atoms with Gasteiger partial charge in [0.05, 0.1) is 54.5 Å². The van der Waals surface area contributed by atoms with Crippen LogP contribution < -0.4 is 0 Å². The summed E-state index contributed by atoms with van der Waals surface area (Å²) in [5.41, 5.74) is 24.3. The van der Waals surface area contributed by atoms with Gasteiger partial charge >= 0.3 is 0 Å². The minimum atomic E-state index is 1.16. The summed E-state index contributed by atoms with van der Waals surface area (Å²) in [6, 6.07) is 133. The first-order valence-electron chi connectivity index (χ1n) is 34.9. The maximum atomic E-state index is 2.46. The minimum Gasteiger partial charge on any atom is -0.309 e. The summed E-state index contributed by atoms with van der Waals surface area (Å²) in [7, 11) is 0. The Labute approximate surface area is 595 Å². The molecule has 0 unspecified atom stereocenters. The first-order chi connectivity index (χ1) is 50.6. The predicted octanol–water partition coefficient (Wildman–Crippen LogP) is 27.2. The fourth-order valence-electron chi connectivity index (χ4n) is 16.3. The van der Waals surface area contributed by atoms with Gasteiger partial charge in [0, 0.05) is 95.8 Å². The molecular formula is C96H60N4S2. The van der Waals surface area contributed by atoms with Crippen molar-refractivity contribution in [2.45, 2.75) is 0 Å². The highest BCUT2D eigenvalue weighted by molar-refractivity contribution is 7.26. The van der Waals surface area contributed by atoms with Crippen LogP contribution in [-0.2, 0) is 0 Å². The Balaban J connectivity index is 0.000000133. The lowest BCUT2D eigenvalue weighted by Gasteiger charge is -2.11. The predicted molar refractivity (Wildman–Crippen MR) is 438 cm³/mol. The molecule has 22 aromatic rings. The quantitative estimate of drug-likeness (QED) is 0.144. The Morgan fingerprint density at radius 3 is 0.912 bits per heavy atom. The van der Waals surface area contributed by atoms with Gasteiger partial charge in [-0.15, -0.1) is 22.7 Å². The molecule has 102 heavy (non-hydrogen) atoms. The zero-order chi connectivity index (χ0) is 66.9. The summed E-state index contributed by atoms with van der Waals surface area (Å²) < 4.78 is 15.0. The highest BCUT2D eigenvalue weighted by Crippen LogP contribution is 2.45. The number of para-hydroxylation sites is 4. The van der Waals surface area contributed by atoms with E-state index in [0.717, 1.165) is 11.4 Å². The number of hydrogen-bond acceptors (Lipinski definition) is 2. The van der Waals surface area contributed by atoms with Crippen molar-refractivity contribution in [3.8, 4) is 67.3 Å². The molecule has 6 heteroatoms. The van der Waals surface area contributed by atoms with Gasteiger partial charge in [-0.05, 0) is 172 Å². The Morgan fingerprint density at radius 2 is 0.461 bits per heavy atom. The monoisotopic (exact) mass is 1330 g/mol. The van der Waals surface area contributed by atoms with Crippen molar-refractivity contribution < 1.29 is 0 Å². The lowest BCUT2D eigenvalue weighted by atomic mass is 10.0. The van der Waals surface area contributed by atoms with Gasteiger partial charge in [-0.2, -0.15) is 0 Å². The summed E-state index contributed by atoms with van der Waals surface area (Å²) >= 11 is 3.75. The third-order valence-electron chi connectivity index (χ3n) is 21.1. The van der Waals surface area contributed by atoms with Gasteiger partial charge < -0.3 is 18.3 Å². The van der Waals surface area contributed by atoms with E-state index in [9.17, 15) is 0 Å². The highest BCUT2D eigenvalue weighted by Gasteiger charge is 2.21. The molecule has 0 radical (unpaired) electrons. The smallest absolute Gasteiger partial charge is 0.0640 e. The molecule has 0 spiro atoms. The average molecular weight is 1330 g/mol. The van der Waals surface area contributed by atoms with E-state index in [1.165, 1.54) is 183 Å². The van der Waals surface area contributed by atoms with Gasteiger partial charge in [-0.1, -0.05) is 237 Å². The molecule has 16 aromatic carbocycles. The number of aromatic nitrogens is 4. The number of benzene rings is 16. The first kappa shape index (κ1) is 58.2. The zero-order valence-electron chi connectivity index (χ0n) is 55.2. The third-order valence-corrected chi connectivity index (χ3v) is 23.4. The second kappa shape index (κ2) is 23.4. The van der Waals surface area contributed by atoms with Crippen LogP contribution in [0.3, 0.4) is 0 Å². The molecule has 0 saturated heterocycles. The number of thiophene rings is 2. The van der Waals surface area contributed by atoms with Crippen LogP contribution in [0, 0.1) is 0 Å². The van der Waals surface area contributed by atoms with Crippen molar-refractivity contribution in [1.29, 1.82) is 0 Å². The molecule has 6 heterocycles. The Kier molecular flexibility index (Phi) is 13.3. The molecule has 0 atom stereocenters. The lowest BCUT2D eigenvalue weighted by Crippen LogP contribution is -1.94. The molecular weight excluding hydrogens is 1270 g/mol. The van der Waals surface area contributed by atoms with E-state index in [4.69, 9.17) is 0 Å². The Bertz CT molecular complexity index is 7100. The highest BCUT2D eigenvalue weighted by atomic mass is 32.1. The van der Waals surface area contributed by atoms with Gasteiger partial charge in [-0.25, -0.2) is 0 Å². The van der Waals surface area contributed by atoms with Crippen LogP contribution in [0.25, 0.3) is 195 Å². The van der Waals surface area contributed by atoms with E-state index < -0.39 is 0 Å². The normalized spacial score (nSPS) is 11.9. The fourth-order valence-corrected chi connectivity index (χ4v) is 18.7. The fraction of sp³-hybridized carbons (Fsp3) is 0. The Morgan fingerprint density at radius 1 is 0.157 bits per heavy atom. The van der Waals surface area contributed by atoms with E-state index in [1.54, 1.807) is 0 Å². The van der Waals surface area contributed by atoms with E-state index >= 15 is 0 Å². The van der Waals surface area contributed by atoms with Crippen molar-refractivity contribution in [2.24, 2.45) is 0 Å². The van der Waals surface area contributed by atoms with Gasteiger partial charge in [0.15, 0.2) is 0 Å². The van der Waals surface area contributed by atoms with Gasteiger partial charge in [0.2, 0.25) is 0 Å². The van der Waals surface area contributed by atoms with Crippen LogP contribution in [0.5, 0.6) is 0 Å². The van der Waals surface area contributed by atoms with Gasteiger partial charge in [-0.3, -0.25) is 0 Å². The van der Waals surface area contributed by atoms with E-state index in [2.05, 4.69) is 382 Å². The SMILES string of the molecule is c1ccc(-c2ccc(-n3c4ccccc4c4cc(-c5ccc6c(c5)c5ccccc5n6-c5ccc6c(c5)sc5ccccc56)ccc43)cc2)cc1.c1ccc(-c2ccc(-n3c4ccccc4c4cc(-c5ccc6c(c5)c5ccccc5n6-c5cccc6c5sc5ccccc56)ccc43)cc2)cc1. The summed E-state index contributed by atoms with van der Waals surface area (Å²) in [4.78, 5) is 0. The molecule has 0 aliphatic heterocycles. The van der Waals surface area contributed by atoms with Gasteiger partial charge in [0.25, 0.3) is 0 Å². The second-order valence-corrected chi connectivity index (χ2v) is 28.8. The summed E-state index contributed by atoms with van der Waals surface area (Å²) in [6.45, 7) is 0. The van der Waals surface area contributed by atoms with Gasteiger partial charge in [0.1, 0.15) is 0 Å². The maximum absolute atomic E-state index is 2.46. The molecule has 0 fully saturated rings. The zero-order valence-corrected chi connectivity index (χ0v) is 56.9. The molecule has 0 aliphatic carbocycles. The van der Waals surface area contributed by atoms with Crippen LogP contribution in [0.4, 0.5) is 0 Å². The van der Waals surface area contributed by atoms with Crippen LogP contribution in [0.2, 0.25) is 0 Å². The molecule has 4 nitrogen and oxygen atoms in total. The molecule has 0 N–H and O–H groups in total. The molecule has 0 amide bonds. The number of hydrogen-bond donors (Lipinski definition) is 0. The largest absolute Gasteiger partial charge is 0.309 e. The molecule has 0 saturated carbocycles. The van der Waals surface area contributed by atoms with Crippen LogP contribution in [0.15, 0.2) is 364 Å². The summed E-state index contributed by atoms with van der Waals surface area (Å²) in [5, 5.41) is 15.4. The number of fused-ring (bicyclic) bond motifs is 18. The minimum absolute atomic E-state index is 1.16. The van der Waals surface area contributed by atoms with Crippen LogP contribution >= 0.6 is 22.7 Å². The summed E-state index contributed by atoms with van der Waals surface area (Å²) in [6.07, 6.45) is 0. The first-order valence-corrected chi connectivity index (χ1v) is 36.5. The average Bonchev–Trinajstić information content (AvgIpc) is 1.58. The molecule has 6 aromatic heterocycles. The van der Waals surface area contributed by atoms with Crippen molar-refractivity contribution in [1.82, 2.24) is 18.3 Å². The van der Waals surface area contributed by atoms with E-state index in [0.29, 0.717) is 0 Å².